The Kier molecular flexibility index (Phi) is 8.72. The lowest BCUT2D eigenvalue weighted by Gasteiger charge is -2.21. The molecule has 1 aromatic carbocycles. The molecule has 0 bridgehead atoms. The maximum absolute atomic E-state index is 12.0. The predicted molar refractivity (Wildman–Crippen MR) is 84.8 cm³/mol. The van der Waals surface area contributed by atoms with Gasteiger partial charge in [-0.3, -0.25) is 4.79 Å². The Balaban J connectivity index is 2.14. The number of amides is 1. The third-order valence-corrected chi connectivity index (χ3v) is 3.29. The third kappa shape index (κ3) is 6.71. The zero-order valence-electron chi connectivity index (χ0n) is 12.9. The van der Waals surface area contributed by atoms with Crippen LogP contribution in [0.4, 0.5) is 0 Å². The van der Waals surface area contributed by atoms with Crippen molar-refractivity contribution in [1.29, 1.82) is 0 Å². The van der Waals surface area contributed by atoms with E-state index in [0.29, 0.717) is 6.42 Å². The van der Waals surface area contributed by atoms with Crippen molar-refractivity contribution in [2.45, 2.75) is 39.5 Å². The second kappa shape index (κ2) is 10.4. The van der Waals surface area contributed by atoms with Crippen molar-refractivity contribution in [3.63, 3.8) is 0 Å². The maximum atomic E-state index is 12.0. The van der Waals surface area contributed by atoms with Gasteiger partial charge in [-0.15, -0.1) is 0 Å². The van der Waals surface area contributed by atoms with E-state index < -0.39 is 0 Å². The molecule has 0 aliphatic carbocycles. The van der Waals surface area contributed by atoms with Crippen LogP contribution in [0.25, 0.3) is 0 Å². The summed E-state index contributed by atoms with van der Waals surface area (Å²) in [6.45, 7) is 7.71. The van der Waals surface area contributed by atoms with Crippen LogP contribution >= 0.6 is 0 Å². The van der Waals surface area contributed by atoms with E-state index in [2.05, 4.69) is 43.4 Å². The van der Waals surface area contributed by atoms with Crippen LogP contribution in [-0.2, 0) is 11.2 Å². The topological polar surface area (TPSA) is 32.3 Å². The van der Waals surface area contributed by atoms with Gasteiger partial charge in [0.05, 0.1) is 0 Å². The molecule has 0 heterocycles. The smallest absolute Gasteiger partial charge is 0.223 e. The molecule has 0 aliphatic rings. The van der Waals surface area contributed by atoms with Crippen LogP contribution < -0.4 is 5.32 Å². The normalized spacial score (nSPS) is 10.5. The Morgan fingerprint density at radius 2 is 1.70 bits per heavy atom. The molecule has 0 aliphatic heterocycles. The second-order valence-corrected chi connectivity index (χ2v) is 5.12. The van der Waals surface area contributed by atoms with Gasteiger partial charge in [0.2, 0.25) is 5.91 Å². The molecule has 3 heteroatoms. The van der Waals surface area contributed by atoms with Crippen LogP contribution in [0.2, 0.25) is 0 Å². The zero-order chi connectivity index (χ0) is 14.6. The van der Waals surface area contributed by atoms with Crippen molar-refractivity contribution < 1.29 is 4.79 Å². The second-order valence-electron chi connectivity index (χ2n) is 5.12. The van der Waals surface area contributed by atoms with Gasteiger partial charge in [0.25, 0.3) is 0 Å². The Labute approximate surface area is 123 Å². The molecule has 112 valence electrons. The number of carbonyl (C=O) groups excluding carboxylic acids is 1. The first-order valence-corrected chi connectivity index (χ1v) is 7.80. The van der Waals surface area contributed by atoms with E-state index >= 15 is 0 Å². The Morgan fingerprint density at radius 1 is 1.05 bits per heavy atom. The standard InChI is InChI=1S/C17H28N2O/c1-3-14-19(15-4-2)17(20)11-13-18-12-10-16-8-6-5-7-9-16/h5-9,18H,3-4,10-15H2,1-2H3. The van der Waals surface area contributed by atoms with Crippen molar-refractivity contribution in [2.24, 2.45) is 0 Å². The quantitative estimate of drug-likeness (QED) is 0.666. The number of rotatable bonds is 10. The van der Waals surface area contributed by atoms with Gasteiger partial charge in [-0.25, -0.2) is 0 Å². The first-order chi connectivity index (χ1) is 9.77. The van der Waals surface area contributed by atoms with Crippen molar-refractivity contribution in [1.82, 2.24) is 10.2 Å². The predicted octanol–water partition coefficient (Wildman–Crippen LogP) is 2.86. The van der Waals surface area contributed by atoms with Gasteiger partial charge in [0, 0.05) is 26.1 Å². The summed E-state index contributed by atoms with van der Waals surface area (Å²) in [4.78, 5) is 14.0. The Morgan fingerprint density at radius 3 is 2.30 bits per heavy atom. The van der Waals surface area contributed by atoms with Crippen LogP contribution in [0.15, 0.2) is 30.3 Å². The lowest BCUT2D eigenvalue weighted by molar-refractivity contribution is -0.131. The van der Waals surface area contributed by atoms with Crippen molar-refractivity contribution >= 4 is 5.91 Å². The summed E-state index contributed by atoms with van der Waals surface area (Å²) in [5.74, 6) is 0.279. The summed E-state index contributed by atoms with van der Waals surface area (Å²) in [6.07, 6.45) is 3.69. The summed E-state index contributed by atoms with van der Waals surface area (Å²) in [7, 11) is 0. The van der Waals surface area contributed by atoms with E-state index in [0.717, 1.165) is 45.4 Å². The Hall–Kier alpha value is -1.35. The highest BCUT2D eigenvalue weighted by atomic mass is 16.2. The number of benzene rings is 1. The number of nitrogens with one attached hydrogen (secondary N) is 1. The molecule has 20 heavy (non-hydrogen) atoms. The molecule has 0 saturated heterocycles. The van der Waals surface area contributed by atoms with E-state index in [-0.39, 0.29) is 5.91 Å². The van der Waals surface area contributed by atoms with Crippen molar-refractivity contribution in [2.75, 3.05) is 26.2 Å². The number of hydrogen-bond acceptors (Lipinski definition) is 2. The molecule has 0 unspecified atom stereocenters. The fourth-order valence-corrected chi connectivity index (χ4v) is 2.26. The fourth-order valence-electron chi connectivity index (χ4n) is 2.26. The van der Waals surface area contributed by atoms with E-state index in [1.807, 2.05) is 11.0 Å². The van der Waals surface area contributed by atoms with E-state index in [1.54, 1.807) is 0 Å². The molecule has 0 fully saturated rings. The molecular formula is C17H28N2O. The SMILES string of the molecule is CCCN(CCC)C(=O)CCNCCc1ccccc1. The van der Waals surface area contributed by atoms with Gasteiger partial charge in [-0.1, -0.05) is 44.2 Å². The zero-order valence-corrected chi connectivity index (χ0v) is 12.9. The lowest BCUT2D eigenvalue weighted by Crippen LogP contribution is -2.34. The van der Waals surface area contributed by atoms with Gasteiger partial charge in [0.1, 0.15) is 0 Å². The van der Waals surface area contributed by atoms with Gasteiger partial charge in [0.15, 0.2) is 0 Å². The maximum Gasteiger partial charge on any atom is 0.223 e. The summed E-state index contributed by atoms with van der Waals surface area (Å²) >= 11 is 0. The molecule has 0 atom stereocenters. The van der Waals surface area contributed by atoms with Crippen molar-refractivity contribution in [3.8, 4) is 0 Å². The number of hydrogen-bond donors (Lipinski definition) is 1. The van der Waals surface area contributed by atoms with Crippen molar-refractivity contribution in [3.05, 3.63) is 35.9 Å². The minimum atomic E-state index is 0.279. The van der Waals surface area contributed by atoms with Crippen LogP contribution in [-0.4, -0.2) is 37.0 Å². The molecular weight excluding hydrogens is 248 g/mol. The fraction of sp³-hybridized carbons (Fsp3) is 0.588. The van der Waals surface area contributed by atoms with Gasteiger partial charge >= 0.3 is 0 Å². The van der Waals surface area contributed by atoms with E-state index in [9.17, 15) is 4.79 Å². The highest BCUT2D eigenvalue weighted by Gasteiger charge is 2.10. The highest BCUT2D eigenvalue weighted by molar-refractivity contribution is 5.76. The largest absolute Gasteiger partial charge is 0.343 e. The van der Waals surface area contributed by atoms with E-state index in [1.165, 1.54) is 5.56 Å². The number of carbonyl (C=O) groups is 1. The van der Waals surface area contributed by atoms with Crippen LogP contribution in [0.1, 0.15) is 38.7 Å². The molecule has 0 saturated carbocycles. The third-order valence-electron chi connectivity index (χ3n) is 3.29. The lowest BCUT2D eigenvalue weighted by atomic mass is 10.1. The summed E-state index contributed by atoms with van der Waals surface area (Å²) < 4.78 is 0. The first kappa shape index (κ1) is 16.7. The molecule has 0 aromatic heterocycles. The minimum Gasteiger partial charge on any atom is -0.343 e. The Bertz CT molecular complexity index is 359. The summed E-state index contributed by atoms with van der Waals surface area (Å²) in [6, 6.07) is 10.4. The van der Waals surface area contributed by atoms with Crippen LogP contribution in [0.3, 0.4) is 0 Å². The molecule has 1 aromatic rings. The summed E-state index contributed by atoms with van der Waals surface area (Å²) in [5, 5.41) is 3.36. The molecule has 1 rings (SSSR count). The molecule has 3 nitrogen and oxygen atoms in total. The van der Waals surface area contributed by atoms with E-state index in [4.69, 9.17) is 0 Å². The van der Waals surface area contributed by atoms with Crippen LogP contribution in [0.5, 0.6) is 0 Å². The average molecular weight is 276 g/mol. The molecule has 0 spiro atoms. The molecule has 0 radical (unpaired) electrons. The monoisotopic (exact) mass is 276 g/mol. The minimum absolute atomic E-state index is 0.279. The van der Waals surface area contributed by atoms with Gasteiger partial charge in [-0.2, -0.15) is 0 Å². The first-order valence-electron chi connectivity index (χ1n) is 7.80. The summed E-state index contributed by atoms with van der Waals surface area (Å²) in [5.41, 5.74) is 1.34. The molecule has 1 amide bonds. The molecule has 1 N–H and O–H groups in total. The van der Waals surface area contributed by atoms with Gasteiger partial charge in [-0.05, 0) is 31.4 Å². The highest BCUT2D eigenvalue weighted by Crippen LogP contribution is 1.99. The number of nitrogens with zero attached hydrogens (tertiary/aromatic N) is 1. The van der Waals surface area contributed by atoms with Crippen LogP contribution in [0, 0.1) is 0 Å². The average Bonchev–Trinajstić information content (AvgIpc) is 2.47. The van der Waals surface area contributed by atoms with Gasteiger partial charge < -0.3 is 10.2 Å².